The van der Waals surface area contributed by atoms with E-state index in [0.717, 1.165) is 10.7 Å². The lowest BCUT2D eigenvalue weighted by Crippen LogP contribution is -2.02. The van der Waals surface area contributed by atoms with Gasteiger partial charge < -0.3 is 4.57 Å². The van der Waals surface area contributed by atoms with Crippen molar-refractivity contribution in [3.05, 3.63) is 64.5 Å². The maximum absolute atomic E-state index is 13.9. The van der Waals surface area contributed by atoms with E-state index in [1.54, 1.807) is 35.7 Å². The number of halogens is 2. The highest BCUT2D eigenvalue weighted by atomic mass is 35.5. The van der Waals surface area contributed by atoms with Crippen molar-refractivity contribution in [1.82, 2.24) is 9.55 Å². The van der Waals surface area contributed by atoms with Gasteiger partial charge in [0.25, 0.3) is 0 Å². The lowest BCUT2D eigenvalue weighted by molar-refractivity contribution is 0.601. The minimum atomic E-state index is -0.366. The first-order chi connectivity index (χ1) is 9.25. The molecule has 0 N–H and O–H groups in total. The molecule has 0 fully saturated rings. The van der Waals surface area contributed by atoms with Crippen LogP contribution < -0.4 is 0 Å². The predicted octanol–water partition coefficient (Wildman–Crippen LogP) is 4.45. The summed E-state index contributed by atoms with van der Waals surface area (Å²) in [7, 11) is 0. The van der Waals surface area contributed by atoms with Crippen LogP contribution in [0.5, 0.6) is 0 Å². The lowest BCUT2D eigenvalue weighted by Gasteiger charge is -2.08. The summed E-state index contributed by atoms with van der Waals surface area (Å²) in [6.07, 6.45) is 3.56. The number of hydrogen-bond acceptors (Lipinski definition) is 2. The molecule has 0 amide bonds. The van der Waals surface area contributed by atoms with Gasteiger partial charge >= 0.3 is 0 Å². The second kappa shape index (κ2) is 5.15. The first-order valence-corrected chi connectivity index (χ1v) is 6.99. The van der Waals surface area contributed by atoms with Gasteiger partial charge in [0.1, 0.15) is 11.6 Å². The second-order valence-electron chi connectivity index (χ2n) is 4.07. The maximum Gasteiger partial charge on any atom is 0.150 e. The maximum atomic E-state index is 13.9. The van der Waals surface area contributed by atoms with Crippen molar-refractivity contribution >= 4 is 22.9 Å². The van der Waals surface area contributed by atoms with E-state index < -0.39 is 0 Å². The van der Waals surface area contributed by atoms with Crippen LogP contribution in [0.15, 0.2) is 48.1 Å². The Bertz CT molecular complexity index is 691. The van der Waals surface area contributed by atoms with Gasteiger partial charge in [-0.1, -0.05) is 29.8 Å². The Balaban J connectivity index is 1.97. The zero-order valence-corrected chi connectivity index (χ0v) is 11.5. The molecule has 0 aliphatic heterocycles. The van der Waals surface area contributed by atoms with Crippen molar-refractivity contribution in [1.29, 1.82) is 0 Å². The molecular formula is C14H10ClFN2S. The molecule has 0 bridgehead atoms. The van der Waals surface area contributed by atoms with Gasteiger partial charge in [0, 0.05) is 18.0 Å². The Labute approximate surface area is 119 Å². The van der Waals surface area contributed by atoms with Crippen LogP contribution in [0.3, 0.4) is 0 Å². The largest absolute Gasteiger partial charge is 0.326 e. The van der Waals surface area contributed by atoms with Gasteiger partial charge in [-0.25, -0.2) is 9.37 Å². The van der Waals surface area contributed by atoms with Crippen LogP contribution in [-0.4, -0.2) is 9.55 Å². The predicted molar refractivity (Wildman–Crippen MR) is 76.1 cm³/mol. The van der Waals surface area contributed by atoms with Crippen molar-refractivity contribution in [2.75, 3.05) is 0 Å². The molecule has 96 valence electrons. The van der Waals surface area contributed by atoms with E-state index in [1.807, 2.05) is 28.3 Å². The van der Waals surface area contributed by atoms with E-state index in [4.69, 9.17) is 11.6 Å². The van der Waals surface area contributed by atoms with Gasteiger partial charge in [-0.05, 0) is 17.5 Å². The fraction of sp³-hybridized carbons (Fsp3) is 0.0714. The third kappa shape index (κ3) is 2.41. The fourth-order valence-corrected chi connectivity index (χ4v) is 2.85. The monoisotopic (exact) mass is 292 g/mol. The van der Waals surface area contributed by atoms with Gasteiger partial charge in [0.15, 0.2) is 0 Å². The van der Waals surface area contributed by atoms with E-state index in [2.05, 4.69) is 4.98 Å². The lowest BCUT2D eigenvalue weighted by atomic mass is 10.2. The molecule has 0 atom stereocenters. The van der Waals surface area contributed by atoms with Crippen LogP contribution >= 0.6 is 22.9 Å². The van der Waals surface area contributed by atoms with Crippen molar-refractivity contribution in [3.63, 3.8) is 0 Å². The molecule has 2 aromatic heterocycles. The molecule has 0 unspecified atom stereocenters. The zero-order chi connectivity index (χ0) is 13.2. The number of thiophene rings is 1. The molecule has 0 spiro atoms. The Morgan fingerprint density at radius 1 is 1.26 bits per heavy atom. The molecule has 0 aliphatic rings. The molecule has 0 radical (unpaired) electrons. The smallest absolute Gasteiger partial charge is 0.150 e. The summed E-state index contributed by atoms with van der Waals surface area (Å²) < 4.78 is 15.8. The normalized spacial score (nSPS) is 10.8. The number of rotatable bonds is 3. The highest BCUT2D eigenvalue weighted by Crippen LogP contribution is 2.25. The SMILES string of the molecule is Fc1c(Cl)cccc1Cn1ccnc1-c1cccs1. The molecule has 1 aromatic carbocycles. The molecule has 2 nitrogen and oxygen atoms in total. The average molecular weight is 293 g/mol. The molecule has 19 heavy (non-hydrogen) atoms. The molecule has 0 saturated carbocycles. The average Bonchev–Trinajstić information content (AvgIpc) is 3.05. The number of aromatic nitrogens is 2. The molecule has 3 rings (SSSR count). The minimum absolute atomic E-state index is 0.148. The van der Waals surface area contributed by atoms with Gasteiger partial charge in [-0.15, -0.1) is 11.3 Å². The minimum Gasteiger partial charge on any atom is -0.326 e. The van der Waals surface area contributed by atoms with Crippen molar-refractivity contribution in [2.45, 2.75) is 6.54 Å². The first kappa shape index (κ1) is 12.4. The van der Waals surface area contributed by atoms with Crippen LogP contribution in [0, 0.1) is 5.82 Å². The van der Waals surface area contributed by atoms with E-state index in [9.17, 15) is 4.39 Å². The first-order valence-electron chi connectivity index (χ1n) is 5.73. The zero-order valence-electron chi connectivity index (χ0n) is 9.88. The molecule has 0 saturated heterocycles. The second-order valence-corrected chi connectivity index (χ2v) is 5.42. The Kier molecular flexibility index (Phi) is 3.36. The molecule has 2 heterocycles. The van der Waals surface area contributed by atoms with Crippen molar-refractivity contribution in [3.8, 4) is 10.7 Å². The topological polar surface area (TPSA) is 17.8 Å². The summed E-state index contributed by atoms with van der Waals surface area (Å²) in [5.74, 6) is 0.476. The molecule has 3 aromatic rings. The number of nitrogens with zero attached hydrogens (tertiary/aromatic N) is 2. The Hall–Kier alpha value is -1.65. The summed E-state index contributed by atoms with van der Waals surface area (Å²) in [6.45, 7) is 0.416. The van der Waals surface area contributed by atoms with Gasteiger partial charge in [-0.3, -0.25) is 0 Å². The van der Waals surface area contributed by atoms with Crippen molar-refractivity contribution in [2.24, 2.45) is 0 Å². The Morgan fingerprint density at radius 2 is 2.16 bits per heavy atom. The number of benzene rings is 1. The van der Waals surface area contributed by atoms with E-state index in [1.165, 1.54) is 0 Å². The van der Waals surface area contributed by atoms with E-state index in [-0.39, 0.29) is 10.8 Å². The third-order valence-electron chi connectivity index (χ3n) is 2.83. The molecular weight excluding hydrogens is 283 g/mol. The summed E-state index contributed by atoms with van der Waals surface area (Å²) in [5, 5.41) is 2.14. The number of hydrogen-bond donors (Lipinski definition) is 0. The third-order valence-corrected chi connectivity index (χ3v) is 3.99. The van der Waals surface area contributed by atoms with Crippen LogP contribution in [0.4, 0.5) is 4.39 Å². The highest BCUT2D eigenvalue weighted by Gasteiger charge is 2.11. The molecule has 5 heteroatoms. The quantitative estimate of drug-likeness (QED) is 0.697. The summed E-state index contributed by atoms with van der Waals surface area (Å²) in [5.41, 5.74) is 0.559. The van der Waals surface area contributed by atoms with Crippen LogP contribution in [0.1, 0.15) is 5.56 Å². The van der Waals surface area contributed by atoms with Crippen LogP contribution in [0.25, 0.3) is 10.7 Å². The summed E-state index contributed by atoms with van der Waals surface area (Å²) in [6, 6.07) is 9.01. The van der Waals surface area contributed by atoms with Crippen LogP contribution in [-0.2, 0) is 6.54 Å². The van der Waals surface area contributed by atoms with Crippen LogP contribution in [0.2, 0.25) is 5.02 Å². The Morgan fingerprint density at radius 3 is 2.95 bits per heavy atom. The fourth-order valence-electron chi connectivity index (χ4n) is 1.92. The summed E-state index contributed by atoms with van der Waals surface area (Å²) in [4.78, 5) is 5.39. The van der Waals surface area contributed by atoms with Gasteiger partial charge in [0.05, 0.1) is 16.4 Å². The van der Waals surface area contributed by atoms with E-state index in [0.29, 0.717) is 12.1 Å². The standard InChI is InChI=1S/C14H10ClFN2S/c15-11-4-1-3-10(13(11)16)9-18-7-6-17-14(18)12-5-2-8-19-12/h1-8H,9H2. The summed E-state index contributed by atoms with van der Waals surface area (Å²) >= 11 is 7.41. The van der Waals surface area contributed by atoms with Crippen molar-refractivity contribution < 1.29 is 4.39 Å². The molecule has 0 aliphatic carbocycles. The van der Waals surface area contributed by atoms with Gasteiger partial charge in [0.2, 0.25) is 0 Å². The highest BCUT2D eigenvalue weighted by molar-refractivity contribution is 7.13. The number of imidazole rings is 1. The van der Waals surface area contributed by atoms with E-state index >= 15 is 0 Å². The van der Waals surface area contributed by atoms with Gasteiger partial charge in [-0.2, -0.15) is 0 Å².